The predicted molar refractivity (Wildman–Crippen MR) is 147 cm³/mol. The van der Waals surface area contributed by atoms with E-state index in [2.05, 4.69) is 72.8 Å². The SMILES string of the molecule is O=C[C@H](Cc1ccccc1)C[Si](C[C@H](C=O)Cc1ccccc1)(c1ccccc1)c1ccccc1. The van der Waals surface area contributed by atoms with Gasteiger partial charge >= 0.3 is 0 Å². The van der Waals surface area contributed by atoms with Crippen LogP contribution in [0.4, 0.5) is 0 Å². The van der Waals surface area contributed by atoms with Crippen molar-refractivity contribution in [3.05, 3.63) is 132 Å². The second-order valence-corrected chi connectivity index (χ2v) is 13.5. The summed E-state index contributed by atoms with van der Waals surface area (Å²) >= 11 is 0. The molecule has 4 rings (SSSR count). The van der Waals surface area contributed by atoms with Crippen molar-refractivity contribution in [1.82, 2.24) is 0 Å². The molecule has 0 aromatic heterocycles. The van der Waals surface area contributed by atoms with Crippen molar-refractivity contribution in [1.29, 1.82) is 0 Å². The Morgan fingerprint density at radius 1 is 0.486 bits per heavy atom. The van der Waals surface area contributed by atoms with Crippen LogP contribution in [0.2, 0.25) is 12.1 Å². The molecule has 0 saturated heterocycles. The summed E-state index contributed by atoms with van der Waals surface area (Å²) in [6.45, 7) is 0. The fourth-order valence-corrected chi connectivity index (χ4v) is 10.7. The third-order valence-electron chi connectivity index (χ3n) is 6.94. The van der Waals surface area contributed by atoms with Crippen LogP contribution in [0.3, 0.4) is 0 Å². The van der Waals surface area contributed by atoms with E-state index in [0.29, 0.717) is 12.8 Å². The lowest BCUT2D eigenvalue weighted by Crippen LogP contribution is -2.60. The van der Waals surface area contributed by atoms with Gasteiger partial charge in [0.15, 0.2) is 0 Å². The molecule has 0 spiro atoms. The highest BCUT2D eigenvalue weighted by Crippen LogP contribution is 2.28. The molecular formula is C32H32O2Si. The van der Waals surface area contributed by atoms with Gasteiger partial charge in [0.05, 0.1) is 0 Å². The Kier molecular flexibility index (Phi) is 8.58. The third kappa shape index (κ3) is 6.31. The van der Waals surface area contributed by atoms with Crippen LogP contribution in [0.1, 0.15) is 11.1 Å². The zero-order chi connectivity index (χ0) is 24.3. The van der Waals surface area contributed by atoms with E-state index >= 15 is 0 Å². The Morgan fingerprint density at radius 3 is 1.11 bits per heavy atom. The molecule has 0 fully saturated rings. The van der Waals surface area contributed by atoms with Crippen LogP contribution in [0.15, 0.2) is 121 Å². The molecule has 2 nitrogen and oxygen atoms in total. The molecule has 0 amide bonds. The average Bonchev–Trinajstić information content (AvgIpc) is 2.93. The van der Waals surface area contributed by atoms with E-state index in [4.69, 9.17) is 0 Å². The Morgan fingerprint density at radius 2 is 0.800 bits per heavy atom. The van der Waals surface area contributed by atoms with Crippen molar-refractivity contribution < 1.29 is 9.59 Å². The molecule has 3 heteroatoms. The number of benzene rings is 4. The average molecular weight is 477 g/mol. The number of hydrogen-bond acceptors (Lipinski definition) is 2. The van der Waals surface area contributed by atoms with Gasteiger partial charge in [0.25, 0.3) is 0 Å². The standard InChI is InChI=1S/C32H32O2Si/c33-23-29(21-27-13-5-1-6-14-27)25-35(31-17-9-3-10-18-31,32-19-11-4-12-20-32)26-30(24-34)22-28-15-7-2-8-16-28/h1-20,23-24,29-30H,21-22,25-26H2/t29-,30-/m0/s1. The summed E-state index contributed by atoms with van der Waals surface area (Å²) in [4.78, 5) is 24.9. The van der Waals surface area contributed by atoms with Gasteiger partial charge in [-0.15, -0.1) is 0 Å². The first-order valence-electron chi connectivity index (χ1n) is 12.3. The van der Waals surface area contributed by atoms with Crippen LogP contribution in [0, 0.1) is 11.8 Å². The molecule has 176 valence electrons. The minimum atomic E-state index is -2.49. The zero-order valence-electron chi connectivity index (χ0n) is 20.0. The van der Waals surface area contributed by atoms with Crippen molar-refractivity contribution >= 4 is 31.0 Å². The van der Waals surface area contributed by atoms with Gasteiger partial charge in [-0.25, -0.2) is 0 Å². The Balaban J connectivity index is 1.77. The summed E-state index contributed by atoms with van der Waals surface area (Å²) in [7, 11) is -2.49. The summed E-state index contributed by atoms with van der Waals surface area (Å²) < 4.78 is 0. The van der Waals surface area contributed by atoms with Crippen LogP contribution in [-0.4, -0.2) is 20.6 Å². The van der Waals surface area contributed by atoms with Crippen molar-refractivity contribution in [2.75, 3.05) is 0 Å². The third-order valence-corrected chi connectivity index (χ3v) is 12.3. The van der Waals surface area contributed by atoms with E-state index in [1.54, 1.807) is 0 Å². The van der Waals surface area contributed by atoms with Gasteiger partial charge in [-0.3, -0.25) is 0 Å². The molecule has 35 heavy (non-hydrogen) atoms. The van der Waals surface area contributed by atoms with Crippen molar-refractivity contribution in [2.45, 2.75) is 24.9 Å². The first-order valence-corrected chi connectivity index (χ1v) is 14.7. The molecule has 0 unspecified atom stereocenters. The number of hydrogen-bond donors (Lipinski definition) is 0. The maximum atomic E-state index is 12.4. The summed E-state index contributed by atoms with van der Waals surface area (Å²) in [5.74, 6) is -0.234. The molecule has 0 aliphatic heterocycles. The van der Waals surface area contributed by atoms with Gasteiger partial charge in [0, 0.05) is 11.8 Å². The summed E-state index contributed by atoms with van der Waals surface area (Å²) in [6, 6.07) is 43.3. The van der Waals surface area contributed by atoms with Gasteiger partial charge in [-0.2, -0.15) is 0 Å². The maximum absolute atomic E-state index is 12.4. The molecule has 0 heterocycles. The van der Waals surface area contributed by atoms with Gasteiger partial charge < -0.3 is 9.59 Å². The molecule has 2 atom stereocenters. The van der Waals surface area contributed by atoms with Gasteiger partial charge in [-0.05, 0) is 36.1 Å². The highest BCUT2D eigenvalue weighted by atomic mass is 28.3. The highest BCUT2D eigenvalue weighted by Gasteiger charge is 2.41. The predicted octanol–water partition coefficient (Wildman–Crippen LogP) is 5.37. The lowest BCUT2D eigenvalue weighted by Gasteiger charge is -2.37. The maximum Gasteiger partial charge on any atom is 0.123 e. The quantitative estimate of drug-likeness (QED) is 0.204. The van der Waals surface area contributed by atoms with Crippen molar-refractivity contribution in [2.24, 2.45) is 11.8 Å². The molecule has 0 bridgehead atoms. The lowest BCUT2D eigenvalue weighted by molar-refractivity contribution is -0.111. The van der Waals surface area contributed by atoms with E-state index in [1.165, 1.54) is 21.5 Å². The van der Waals surface area contributed by atoms with Crippen molar-refractivity contribution in [3.8, 4) is 0 Å². The monoisotopic (exact) mass is 476 g/mol. The first-order chi connectivity index (χ1) is 17.2. The second-order valence-electron chi connectivity index (χ2n) is 9.39. The topological polar surface area (TPSA) is 34.1 Å². The molecule has 0 aliphatic carbocycles. The zero-order valence-corrected chi connectivity index (χ0v) is 21.0. The summed E-state index contributed by atoms with van der Waals surface area (Å²) in [5, 5.41) is 2.57. The van der Waals surface area contributed by atoms with Crippen LogP contribution >= 0.6 is 0 Å². The number of aldehydes is 2. The molecule has 4 aromatic carbocycles. The van der Waals surface area contributed by atoms with Crippen LogP contribution in [0.25, 0.3) is 0 Å². The largest absolute Gasteiger partial charge is 0.303 e. The summed E-state index contributed by atoms with van der Waals surface area (Å²) in [6.07, 6.45) is 3.69. The van der Waals surface area contributed by atoms with Crippen LogP contribution < -0.4 is 10.4 Å². The molecule has 0 radical (unpaired) electrons. The van der Waals surface area contributed by atoms with Gasteiger partial charge in [0.2, 0.25) is 0 Å². The minimum absolute atomic E-state index is 0.117. The fraction of sp³-hybridized carbons (Fsp3) is 0.188. The highest BCUT2D eigenvalue weighted by molar-refractivity contribution is 7.02. The first kappa shape index (κ1) is 24.6. The fourth-order valence-electron chi connectivity index (χ4n) is 5.30. The molecule has 0 N–H and O–H groups in total. The molecule has 4 aromatic rings. The van der Waals surface area contributed by atoms with Gasteiger partial charge in [-0.1, -0.05) is 132 Å². The van der Waals surface area contributed by atoms with Crippen molar-refractivity contribution in [3.63, 3.8) is 0 Å². The van der Waals surface area contributed by atoms with Crippen LogP contribution in [-0.2, 0) is 22.4 Å². The van der Waals surface area contributed by atoms with E-state index in [9.17, 15) is 9.59 Å². The number of rotatable bonds is 12. The minimum Gasteiger partial charge on any atom is -0.303 e. The second kappa shape index (κ2) is 12.2. The van der Waals surface area contributed by atoms with E-state index in [-0.39, 0.29) is 11.8 Å². The molecule has 0 aliphatic rings. The normalized spacial score (nSPS) is 13.0. The molecule has 0 saturated carbocycles. The smallest absolute Gasteiger partial charge is 0.123 e. The Bertz CT molecular complexity index is 1080. The molecular weight excluding hydrogens is 444 g/mol. The van der Waals surface area contributed by atoms with Gasteiger partial charge in [0.1, 0.15) is 20.6 Å². The number of carbonyl (C=O) groups is 2. The van der Waals surface area contributed by atoms with Crippen LogP contribution in [0.5, 0.6) is 0 Å². The Hall–Kier alpha value is -3.56. The van der Waals surface area contributed by atoms with E-state index in [1.807, 2.05) is 48.5 Å². The lowest BCUT2D eigenvalue weighted by atomic mass is 10.0. The van der Waals surface area contributed by atoms with E-state index in [0.717, 1.165) is 24.7 Å². The van der Waals surface area contributed by atoms with E-state index < -0.39 is 8.07 Å². The summed E-state index contributed by atoms with van der Waals surface area (Å²) in [5.41, 5.74) is 2.34. The Labute approximate surface area is 209 Å². The number of carbonyl (C=O) groups excluding carboxylic acids is 2.